The van der Waals surface area contributed by atoms with E-state index in [-0.39, 0.29) is 11.9 Å². The Labute approximate surface area is 99.9 Å². The van der Waals surface area contributed by atoms with E-state index in [9.17, 15) is 4.79 Å². The van der Waals surface area contributed by atoms with Gasteiger partial charge in [0.15, 0.2) is 0 Å². The topological polar surface area (TPSA) is 26.3 Å². The second-order valence-electron chi connectivity index (χ2n) is 4.00. The van der Waals surface area contributed by atoms with E-state index in [1.54, 1.807) is 6.92 Å². The Balaban J connectivity index is 2.05. The molecule has 0 aromatic heterocycles. The van der Waals surface area contributed by atoms with Crippen LogP contribution in [0.3, 0.4) is 0 Å². The van der Waals surface area contributed by atoms with Crippen LogP contribution in [0.25, 0.3) is 0 Å². The van der Waals surface area contributed by atoms with Crippen molar-refractivity contribution in [3.05, 3.63) is 46.7 Å². The molecule has 1 atom stereocenters. The Morgan fingerprint density at radius 1 is 1.38 bits per heavy atom. The number of rotatable bonds is 2. The molecule has 1 unspecified atom stereocenters. The molecule has 0 spiro atoms. The van der Waals surface area contributed by atoms with Gasteiger partial charge < -0.3 is 4.74 Å². The van der Waals surface area contributed by atoms with Crippen LogP contribution in [0.5, 0.6) is 0 Å². The molecule has 0 amide bonds. The molecule has 0 N–H and O–H groups in total. The van der Waals surface area contributed by atoms with Crippen molar-refractivity contribution in [1.82, 2.24) is 0 Å². The van der Waals surface area contributed by atoms with Crippen molar-refractivity contribution in [2.75, 3.05) is 0 Å². The van der Waals surface area contributed by atoms with E-state index in [1.807, 2.05) is 30.3 Å². The molecule has 16 heavy (non-hydrogen) atoms. The second-order valence-corrected chi connectivity index (χ2v) is 4.44. The molecule has 0 saturated heterocycles. The van der Waals surface area contributed by atoms with Crippen LogP contribution in [0.4, 0.5) is 0 Å². The van der Waals surface area contributed by atoms with Gasteiger partial charge in [-0.15, -0.1) is 0 Å². The average Bonchev–Trinajstić information content (AvgIpc) is 2.25. The SMILES string of the molecule is CC1=CCC(Cc2ccc(Cl)cc2)C(=O)O1. The van der Waals surface area contributed by atoms with Crippen LogP contribution < -0.4 is 0 Å². The predicted octanol–water partition coefficient (Wildman–Crippen LogP) is 3.35. The van der Waals surface area contributed by atoms with Crippen LogP contribution in [-0.4, -0.2) is 5.97 Å². The van der Waals surface area contributed by atoms with Crippen molar-refractivity contribution >= 4 is 17.6 Å². The molecule has 0 fully saturated rings. The van der Waals surface area contributed by atoms with Crippen LogP contribution in [-0.2, 0) is 16.0 Å². The van der Waals surface area contributed by atoms with Gasteiger partial charge in [-0.25, -0.2) is 0 Å². The van der Waals surface area contributed by atoms with Gasteiger partial charge in [0.05, 0.1) is 5.92 Å². The lowest BCUT2D eigenvalue weighted by Crippen LogP contribution is -2.22. The molecule has 2 nitrogen and oxygen atoms in total. The number of carbonyl (C=O) groups excluding carboxylic acids is 1. The van der Waals surface area contributed by atoms with Crippen LogP contribution >= 0.6 is 11.6 Å². The van der Waals surface area contributed by atoms with Gasteiger partial charge in [-0.1, -0.05) is 23.7 Å². The number of benzene rings is 1. The second kappa shape index (κ2) is 4.71. The van der Waals surface area contributed by atoms with Crippen LogP contribution in [0.15, 0.2) is 36.1 Å². The maximum absolute atomic E-state index is 11.6. The molecule has 84 valence electrons. The highest BCUT2D eigenvalue weighted by atomic mass is 35.5. The summed E-state index contributed by atoms with van der Waals surface area (Å²) in [6.07, 6.45) is 3.43. The zero-order chi connectivity index (χ0) is 11.5. The molecule has 2 rings (SSSR count). The summed E-state index contributed by atoms with van der Waals surface area (Å²) in [6, 6.07) is 7.57. The van der Waals surface area contributed by atoms with Crippen molar-refractivity contribution in [3.63, 3.8) is 0 Å². The first-order chi connectivity index (χ1) is 7.65. The minimum atomic E-state index is -0.130. The molecule has 1 aromatic carbocycles. The van der Waals surface area contributed by atoms with Gasteiger partial charge in [-0.3, -0.25) is 4.79 Å². The van der Waals surface area contributed by atoms with Crippen LogP contribution in [0, 0.1) is 5.92 Å². The maximum Gasteiger partial charge on any atom is 0.314 e. The van der Waals surface area contributed by atoms with Crippen LogP contribution in [0.2, 0.25) is 5.02 Å². The number of carbonyl (C=O) groups is 1. The van der Waals surface area contributed by atoms with Gasteiger partial charge in [0, 0.05) is 5.02 Å². The van der Waals surface area contributed by atoms with Gasteiger partial charge in [0.2, 0.25) is 0 Å². The largest absolute Gasteiger partial charge is 0.431 e. The average molecular weight is 237 g/mol. The number of halogens is 1. The third-order valence-corrected chi connectivity index (χ3v) is 2.93. The third kappa shape index (κ3) is 2.64. The summed E-state index contributed by atoms with van der Waals surface area (Å²) in [5, 5.41) is 0.714. The zero-order valence-corrected chi connectivity index (χ0v) is 9.83. The summed E-state index contributed by atoms with van der Waals surface area (Å²) < 4.78 is 5.09. The van der Waals surface area contributed by atoms with Crippen molar-refractivity contribution < 1.29 is 9.53 Å². The highest BCUT2D eigenvalue weighted by Crippen LogP contribution is 2.22. The quantitative estimate of drug-likeness (QED) is 0.736. The standard InChI is InChI=1S/C13H13ClO2/c1-9-2-5-11(13(15)16-9)8-10-3-6-12(14)7-4-10/h2-4,6-7,11H,5,8H2,1H3. The predicted molar refractivity (Wildman–Crippen MR) is 63.1 cm³/mol. The number of hydrogen-bond donors (Lipinski definition) is 0. The van der Waals surface area contributed by atoms with Gasteiger partial charge in [-0.2, -0.15) is 0 Å². The fourth-order valence-electron chi connectivity index (χ4n) is 1.76. The minimum absolute atomic E-state index is 0.0649. The van der Waals surface area contributed by atoms with Gasteiger partial charge in [0.25, 0.3) is 0 Å². The van der Waals surface area contributed by atoms with Gasteiger partial charge in [0.1, 0.15) is 5.76 Å². The fraction of sp³-hybridized carbons (Fsp3) is 0.308. The summed E-state index contributed by atoms with van der Waals surface area (Å²) in [7, 11) is 0. The van der Waals surface area contributed by atoms with E-state index in [4.69, 9.17) is 16.3 Å². The molecular formula is C13H13ClO2. The Kier molecular flexibility index (Phi) is 3.30. The molecule has 1 heterocycles. The van der Waals surface area contributed by atoms with E-state index < -0.39 is 0 Å². The van der Waals surface area contributed by atoms with Crippen molar-refractivity contribution in [2.45, 2.75) is 19.8 Å². The van der Waals surface area contributed by atoms with Gasteiger partial charge in [-0.05, 0) is 43.5 Å². The molecule has 0 bridgehead atoms. The van der Waals surface area contributed by atoms with Gasteiger partial charge >= 0.3 is 5.97 Å². The minimum Gasteiger partial charge on any atom is -0.431 e. The lowest BCUT2D eigenvalue weighted by Gasteiger charge is -2.19. The lowest BCUT2D eigenvalue weighted by molar-refractivity contribution is -0.145. The van der Waals surface area contributed by atoms with Crippen molar-refractivity contribution in [3.8, 4) is 0 Å². The normalized spacial score (nSPS) is 20.2. The summed E-state index contributed by atoms with van der Waals surface area (Å²) >= 11 is 5.80. The smallest absolute Gasteiger partial charge is 0.314 e. The van der Waals surface area contributed by atoms with Crippen molar-refractivity contribution in [1.29, 1.82) is 0 Å². The first kappa shape index (κ1) is 11.2. The highest BCUT2D eigenvalue weighted by Gasteiger charge is 2.23. The highest BCUT2D eigenvalue weighted by molar-refractivity contribution is 6.30. The summed E-state index contributed by atoms with van der Waals surface area (Å²) in [5.41, 5.74) is 1.11. The molecule has 1 aliphatic rings. The number of cyclic esters (lactones) is 1. The Morgan fingerprint density at radius 2 is 2.06 bits per heavy atom. The number of ether oxygens (including phenoxy) is 1. The molecule has 3 heteroatoms. The lowest BCUT2D eigenvalue weighted by atomic mass is 9.95. The van der Waals surface area contributed by atoms with Crippen LogP contribution in [0.1, 0.15) is 18.9 Å². The summed E-state index contributed by atoms with van der Waals surface area (Å²) in [6.45, 7) is 1.80. The summed E-state index contributed by atoms with van der Waals surface area (Å²) in [5.74, 6) is 0.511. The third-order valence-electron chi connectivity index (χ3n) is 2.68. The van der Waals surface area contributed by atoms with E-state index in [0.29, 0.717) is 17.2 Å². The van der Waals surface area contributed by atoms with E-state index in [0.717, 1.165) is 12.0 Å². The molecule has 1 aromatic rings. The Morgan fingerprint density at radius 3 is 2.69 bits per heavy atom. The van der Waals surface area contributed by atoms with E-state index >= 15 is 0 Å². The number of hydrogen-bond acceptors (Lipinski definition) is 2. The molecular weight excluding hydrogens is 224 g/mol. The molecule has 1 aliphatic heterocycles. The monoisotopic (exact) mass is 236 g/mol. The zero-order valence-electron chi connectivity index (χ0n) is 9.07. The first-order valence-corrected chi connectivity index (χ1v) is 5.66. The summed E-state index contributed by atoms with van der Waals surface area (Å²) in [4.78, 5) is 11.6. The molecule has 0 saturated carbocycles. The number of allylic oxidation sites excluding steroid dienone is 2. The number of esters is 1. The molecule has 0 radical (unpaired) electrons. The first-order valence-electron chi connectivity index (χ1n) is 5.28. The van der Waals surface area contributed by atoms with E-state index in [1.165, 1.54) is 0 Å². The van der Waals surface area contributed by atoms with E-state index in [2.05, 4.69) is 0 Å². The Hall–Kier alpha value is -1.28. The van der Waals surface area contributed by atoms with Crippen molar-refractivity contribution in [2.24, 2.45) is 5.92 Å². The maximum atomic E-state index is 11.6. The Bertz CT molecular complexity index is 420. The fourth-order valence-corrected chi connectivity index (χ4v) is 1.89. The molecule has 0 aliphatic carbocycles.